The molecule has 0 radical (unpaired) electrons. The van der Waals surface area contributed by atoms with Crippen LogP contribution in [-0.4, -0.2) is 11.2 Å². The van der Waals surface area contributed by atoms with E-state index in [0.29, 0.717) is 6.42 Å². The molecular weight excluding hydrogens is 208 g/mol. The van der Waals surface area contributed by atoms with E-state index in [2.05, 4.69) is 11.4 Å². The lowest BCUT2D eigenvalue weighted by Crippen LogP contribution is -2.26. The second-order valence-electron chi connectivity index (χ2n) is 3.62. The van der Waals surface area contributed by atoms with Gasteiger partial charge in [0.1, 0.15) is 0 Å². The number of carbonyl (C=O) groups excluding carboxylic acids is 1. The molecule has 2 unspecified atom stereocenters. The molecule has 2 atom stereocenters. The van der Waals surface area contributed by atoms with E-state index < -0.39 is 0 Å². The van der Waals surface area contributed by atoms with Gasteiger partial charge in [0, 0.05) is 17.0 Å². The van der Waals surface area contributed by atoms with Crippen molar-refractivity contribution in [3.05, 3.63) is 22.8 Å². The van der Waals surface area contributed by atoms with Crippen LogP contribution >= 0.6 is 11.8 Å². The summed E-state index contributed by atoms with van der Waals surface area (Å²) in [5.41, 5.74) is 1.03. The third-order valence-corrected chi connectivity index (χ3v) is 3.88. The number of fused-ring (bicyclic) bond motifs is 1. The van der Waals surface area contributed by atoms with Gasteiger partial charge in [-0.3, -0.25) is 4.79 Å². The van der Waals surface area contributed by atoms with Crippen molar-refractivity contribution in [1.29, 1.82) is 5.26 Å². The van der Waals surface area contributed by atoms with Crippen LogP contribution in [0, 0.1) is 17.2 Å². The molecule has 0 saturated carbocycles. The molecular formula is C11H12N2OS. The topological polar surface area (TPSA) is 52.9 Å². The minimum Gasteiger partial charge on any atom is -0.371 e. The third-order valence-electron chi connectivity index (χ3n) is 2.59. The number of carbonyl (C=O) groups is 1. The van der Waals surface area contributed by atoms with Gasteiger partial charge in [-0.1, -0.05) is 24.8 Å². The first-order valence-electron chi connectivity index (χ1n) is 5.02. The molecule has 1 aliphatic carbocycles. The van der Waals surface area contributed by atoms with Crippen molar-refractivity contribution >= 4 is 17.5 Å². The van der Waals surface area contributed by atoms with E-state index in [4.69, 9.17) is 5.26 Å². The predicted octanol–water partition coefficient (Wildman–Crippen LogP) is 1.94. The Bertz CT molecular complexity index is 392. The fraction of sp³-hybridized carbons (Fsp3) is 0.455. The Hall–Kier alpha value is -1.21. The lowest BCUT2D eigenvalue weighted by atomic mass is 10.1. The van der Waals surface area contributed by atoms with Gasteiger partial charge in [-0.15, -0.1) is 0 Å². The Morgan fingerprint density at radius 3 is 3.27 bits per heavy atom. The largest absolute Gasteiger partial charge is 0.371 e. The van der Waals surface area contributed by atoms with Gasteiger partial charge in [-0.05, 0) is 12.5 Å². The number of ketones is 1. The molecule has 1 aliphatic heterocycles. The smallest absolute Gasteiger partial charge is 0.160 e. The molecule has 1 fully saturated rings. The normalized spacial score (nSPS) is 25.9. The van der Waals surface area contributed by atoms with Crippen LogP contribution in [0.5, 0.6) is 0 Å². The first kappa shape index (κ1) is 10.3. The van der Waals surface area contributed by atoms with Gasteiger partial charge < -0.3 is 5.32 Å². The Balaban J connectivity index is 2.15. The number of nitriles is 1. The maximum Gasteiger partial charge on any atom is 0.160 e. The van der Waals surface area contributed by atoms with Gasteiger partial charge in [0.05, 0.1) is 17.4 Å². The van der Waals surface area contributed by atoms with E-state index in [9.17, 15) is 4.79 Å². The predicted molar refractivity (Wildman–Crippen MR) is 59.7 cm³/mol. The fourth-order valence-corrected chi connectivity index (χ4v) is 3.03. The number of thioether (sulfide) groups is 1. The SMILES string of the molecule is CCC(C#N)C1NC2=CCC(=O)C=C2S1. The summed E-state index contributed by atoms with van der Waals surface area (Å²) in [5, 5.41) is 12.4. The highest BCUT2D eigenvalue weighted by molar-refractivity contribution is 8.04. The summed E-state index contributed by atoms with van der Waals surface area (Å²) in [6.07, 6.45) is 4.89. The maximum absolute atomic E-state index is 11.2. The van der Waals surface area contributed by atoms with E-state index >= 15 is 0 Å². The minimum atomic E-state index is -0.00231. The fourth-order valence-electron chi connectivity index (χ4n) is 1.69. The molecule has 15 heavy (non-hydrogen) atoms. The molecule has 1 heterocycles. The molecule has 2 rings (SSSR count). The van der Waals surface area contributed by atoms with Crippen molar-refractivity contribution in [2.75, 3.05) is 0 Å². The van der Waals surface area contributed by atoms with Gasteiger partial charge in [0.25, 0.3) is 0 Å². The zero-order valence-electron chi connectivity index (χ0n) is 8.49. The molecule has 1 saturated heterocycles. The minimum absolute atomic E-state index is 0.00231. The maximum atomic E-state index is 11.2. The van der Waals surface area contributed by atoms with Crippen LogP contribution in [0.4, 0.5) is 0 Å². The molecule has 0 spiro atoms. The first-order chi connectivity index (χ1) is 7.24. The lowest BCUT2D eigenvalue weighted by Gasteiger charge is -2.13. The molecule has 3 nitrogen and oxygen atoms in total. The van der Waals surface area contributed by atoms with Crippen LogP contribution in [0.15, 0.2) is 22.8 Å². The molecule has 0 aromatic heterocycles. The Kier molecular flexibility index (Phi) is 2.83. The molecule has 0 aromatic rings. The summed E-state index contributed by atoms with van der Waals surface area (Å²) in [6, 6.07) is 2.29. The van der Waals surface area contributed by atoms with E-state index in [0.717, 1.165) is 17.0 Å². The van der Waals surface area contributed by atoms with Gasteiger partial charge in [0.2, 0.25) is 0 Å². The molecule has 0 amide bonds. The monoisotopic (exact) mass is 220 g/mol. The van der Waals surface area contributed by atoms with Crippen LogP contribution in [0.25, 0.3) is 0 Å². The molecule has 4 heteroatoms. The zero-order valence-corrected chi connectivity index (χ0v) is 9.30. The average molecular weight is 220 g/mol. The number of nitrogens with one attached hydrogen (secondary N) is 1. The Labute approximate surface area is 93.2 Å². The van der Waals surface area contributed by atoms with Gasteiger partial charge in [-0.25, -0.2) is 0 Å². The molecule has 78 valence electrons. The summed E-state index contributed by atoms with van der Waals surface area (Å²) in [6.45, 7) is 2.01. The van der Waals surface area contributed by atoms with E-state index in [1.807, 2.05) is 13.0 Å². The number of hydrogen-bond acceptors (Lipinski definition) is 4. The highest BCUT2D eigenvalue weighted by atomic mass is 32.2. The molecule has 2 aliphatic rings. The summed E-state index contributed by atoms with van der Waals surface area (Å²) >= 11 is 1.59. The first-order valence-corrected chi connectivity index (χ1v) is 5.90. The van der Waals surface area contributed by atoms with E-state index in [1.54, 1.807) is 17.8 Å². The lowest BCUT2D eigenvalue weighted by molar-refractivity contribution is -0.113. The van der Waals surface area contributed by atoms with E-state index in [1.165, 1.54) is 0 Å². The highest BCUT2D eigenvalue weighted by Gasteiger charge is 2.31. The van der Waals surface area contributed by atoms with Crippen molar-refractivity contribution < 1.29 is 4.79 Å². The van der Waals surface area contributed by atoms with Crippen molar-refractivity contribution in [3.63, 3.8) is 0 Å². The standard InChI is InChI=1S/C11H12N2OS/c1-2-7(6-12)11-13-9-4-3-8(14)5-10(9)15-11/h4-5,7,11,13H,2-3H2,1H3. The second kappa shape index (κ2) is 4.11. The number of nitrogens with zero attached hydrogens (tertiary/aromatic N) is 1. The van der Waals surface area contributed by atoms with Crippen molar-refractivity contribution in [2.45, 2.75) is 25.1 Å². The number of allylic oxidation sites excluding steroid dienone is 2. The van der Waals surface area contributed by atoms with Crippen LogP contribution in [0.1, 0.15) is 19.8 Å². The molecule has 0 aromatic carbocycles. The molecule has 1 N–H and O–H groups in total. The highest BCUT2D eigenvalue weighted by Crippen LogP contribution is 2.39. The van der Waals surface area contributed by atoms with Gasteiger partial charge in [-0.2, -0.15) is 5.26 Å². The summed E-state index contributed by atoms with van der Waals surface area (Å²) in [7, 11) is 0. The Morgan fingerprint density at radius 1 is 1.80 bits per heavy atom. The zero-order chi connectivity index (χ0) is 10.8. The van der Waals surface area contributed by atoms with Crippen molar-refractivity contribution in [3.8, 4) is 6.07 Å². The average Bonchev–Trinajstić information content (AvgIpc) is 2.62. The van der Waals surface area contributed by atoms with Crippen LogP contribution in [0.3, 0.4) is 0 Å². The van der Waals surface area contributed by atoms with Crippen LogP contribution in [0.2, 0.25) is 0 Å². The molecule has 0 bridgehead atoms. The summed E-state index contributed by atoms with van der Waals surface area (Å²) < 4.78 is 0. The Morgan fingerprint density at radius 2 is 2.60 bits per heavy atom. The summed E-state index contributed by atoms with van der Waals surface area (Å²) in [5.74, 6) is 0.145. The number of hydrogen-bond donors (Lipinski definition) is 1. The van der Waals surface area contributed by atoms with Crippen molar-refractivity contribution in [1.82, 2.24) is 5.32 Å². The van der Waals surface area contributed by atoms with Gasteiger partial charge >= 0.3 is 0 Å². The van der Waals surface area contributed by atoms with Crippen LogP contribution in [-0.2, 0) is 4.79 Å². The second-order valence-corrected chi connectivity index (χ2v) is 4.81. The number of rotatable bonds is 2. The summed E-state index contributed by atoms with van der Waals surface area (Å²) in [4.78, 5) is 12.2. The van der Waals surface area contributed by atoms with Crippen molar-refractivity contribution in [2.24, 2.45) is 5.92 Å². The quantitative estimate of drug-likeness (QED) is 0.772. The van der Waals surface area contributed by atoms with E-state index in [-0.39, 0.29) is 17.1 Å². The van der Waals surface area contributed by atoms with Gasteiger partial charge in [0.15, 0.2) is 5.78 Å². The van der Waals surface area contributed by atoms with Crippen LogP contribution < -0.4 is 5.32 Å². The third kappa shape index (κ3) is 1.93.